The molecule has 0 bridgehead atoms. The van der Waals surface area contributed by atoms with E-state index in [-0.39, 0.29) is 29.9 Å². The van der Waals surface area contributed by atoms with E-state index in [1.54, 1.807) is 17.0 Å². The van der Waals surface area contributed by atoms with E-state index >= 15 is 0 Å². The fraction of sp³-hybridized carbons (Fsp3) is 0.364. The molecule has 0 aromatic heterocycles. The quantitative estimate of drug-likeness (QED) is 0.532. The zero-order valence-electron chi connectivity index (χ0n) is 16.7. The predicted molar refractivity (Wildman–Crippen MR) is 120 cm³/mol. The fourth-order valence-corrected chi connectivity index (χ4v) is 4.05. The number of likely N-dealkylation sites (N-methyl/N-ethyl adjacent to an activating group) is 1. The number of benzene rings is 2. The van der Waals surface area contributed by atoms with Crippen molar-refractivity contribution in [2.24, 2.45) is 0 Å². The molecule has 7 heteroatoms. The van der Waals surface area contributed by atoms with Crippen molar-refractivity contribution in [1.82, 2.24) is 10.2 Å². The van der Waals surface area contributed by atoms with E-state index in [2.05, 4.69) is 21.2 Å². The van der Waals surface area contributed by atoms with Crippen LogP contribution in [0.5, 0.6) is 0 Å². The molecule has 1 N–H and O–H groups in total. The van der Waals surface area contributed by atoms with Crippen molar-refractivity contribution in [3.05, 3.63) is 69.9 Å². The molecule has 0 saturated heterocycles. The van der Waals surface area contributed by atoms with Gasteiger partial charge in [0.1, 0.15) is 11.9 Å². The van der Waals surface area contributed by atoms with Gasteiger partial charge in [-0.05, 0) is 48.7 Å². The second-order valence-electron chi connectivity index (χ2n) is 6.59. The summed E-state index contributed by atoms with van der Waals surface area (Å²) in [6.07, 6.45) is 0.510. The van der Waals surface area contributed by atoms with Crippen LogP contribution in [0.4, 0.5) is 4.39 Å². The van der Waals surface area contributed by atoms with Crippen LogP contribution < -0.4 is 5.32 Å². The van der Waals surface area contributed by atoms with Crippen LogP contribution in [0.1, 0.15) is 31.4 Å². The summed E-state index contributed by atoms with van der Waals surface area (Å²) in [5.41, 5.74) is 1.92. The fourth-order valence-electron chi connectivity index (χ4n) is 2.92. The number of hydrogen-bond donors (Lipinski definition) is 1. The van der Waals surface area contributed by atoms with Gasteiger partial charge in [-0.15, -0.1) is 11.8 Å². The number of thioether (sulfide) groups is 1. The Morgan fingerprint density at radius 1 is 1.07 bits per heavy atom. The van der Waals surface area contributed by atoms with E-state index in [9.17, 15) is 14.0 Å². The molecule has 0 spiro atoms. The van der Waals surface area contributed by atoms with E-state index in [0.717, 1.165) is 15.6 Å². The highest BCUT2D eigenvalue weighted by molar-refractivity contribution is 9.10. The number of carbonyl (C=O) groups excluding carboxylic acids is 2. The Morgan fingerprint density at radius 2 is 1.69 bits per heavy atom. The van der Waals surface area contributed by atoms with Gasteiger partial charge < -0.3 is 10.2 Å². The van der Waals surface area contributed by atoms with E-state index in [4.69, 9.17) is 0 Å². The molecule has 2 aromatic rings. The van der Waals surface area contributed by atoms with Crippen LogP contribution in [-0.2, 0) is 21.9 Å². The molecule has 156 valence electrons. The summed E-state index contributed by atoms with van der Waals surface area (Å²) in [4.78, 5) is 27.1. The summed E-state index contributed by atoms with van der Waals surface area (Å²) < 4.78 is 14.3. The molecular weight excluding hydrogens is 455 g/mol. The minimum Gasteiger partial charge on any atom is -0.355 e. The summed E-state index contributed by atoms with van der Waals surface area (Å²) >= 11 is 4.93. The molecule has 0 aliphatic rings. The molecular formula is C22H26BrFN2O2S. The van der Waals surface area contributed by atoms with Crippen molar-refractivity contribution in [1.29, 1.82) is 0 Å². The van der Waals surface area contributed by atoms with Crippen molar-refractivity contribution in [3.63, 3.8) is 0 Å². The van der Waals surface area contributed by atoms with Crippen LogP contribution in [0.25, 0.3) is 0 Å². The summed E-state index contributed by atoms with van der Waals surface area (Å²) in [5.74, 6) is 0.388. The van der Waals surface area contributed by atoms with Gasteiger partial charge in [-0.25, -0.2) is 4.39 Å². The predicted octanol–water partition coefficient (Wildman–Crippen LogP) is 4.76. The molecule has 2 amide bonds. The molecule has 0 heterocycles. The summed E-state index contributed by atoms with van der Waals surface area (Å²) in [6, 6.07) is 13.5. The molecule has 0 aliphatic carbocycles. The maximum atomic E-state index is 13.2. The van der Waals surface area contributed by atoms with Gasteiger partial charge in [-0.3, -0.25) is 9.59 Å². The van der Waals surface area contributed by atoms with Crippen LogP contribution in [0.3, 0.4) is 0 Å². The zero-order chi connectivity index (χ0) is 21.2. The maximum absolute atomic E-state index is 13.2. The average Bonchev–Trinajstić information content (AvgIpc) is 2.71. The molecule has 0 saturated carbocycles. The molecule has 1 atom stereocenters. The Labute approximate surface area is 184 Å². The number of hydrogen-bond acceptors (Lipinski definition) is 3. The van der Waals surface area contributed by atoms with Crippen molar-refractivity contribution < 1.29 is 14.0 Å². The third-order valence-electron chi connectivity index (χ3n) is 4.41. The first-order valence-corrected chi connectivity index (χ1v) is 11.5. The highest BCUT2D eigenvalue weighted by atomic mass is 79.9. The van der Waals surface area contributed by atoms with Crippen molar-refractivity contribution in [2.45, 2.75) is 38.6 Å². The normalized spacial score (nSPS) is 11.7. The average molecular weight is 481 g/mol. The monoisotopic (exact) mass is 480 g/mol. The third kappa shape index (κ3) is 7.48. The van der Waals surface area contributed by atoms with E-state index in [0.29, 0.717) is 18.7 Å². The highest BCUT2D eigenvalue weighted by Gasteiger charge is 2.28. The first-order chi connectivity index (χ1) is 13.9. The number of amides is 2. The number of rotatable bonds is 10. The van der Waals surface area contributed by atoms with Gasteiger partial charge in [-0.2, -0.15) is 0 Å². The molecule has 0 radical (unpaired) electrons. The summed E-state index contributed by atoms with van der Waals surface area (Å²) in [6.45, 7) is 4.52. The van der Waals surface area contributed by atoms with Crippen molar-refractivity contribution in [3.8, 4) is 0 Å². The topological polar surface area (TPSA) is 49.4 Å². The lowest BCUT2D eigenvalue weighted by Crippen LogP contribution is -2.49. The second kappa shape index (κ2) is 12.0. The number of carbonyl (C=O) groups is 2. The summed E-state index contributed by atoms with van der Waals surface area (Å²) in [5, 5.41) is 2.81. The van der Waals surface area contributed by atoms with Crippen LogP contribution >= 0.6 is 27.7 Å². The zero-order valence-corrected chi connectivity index (χ0v) is 19.1. The van der Waals surface area contributed by atoms with Crippen LogP contribution in [0.2, 0.25) is 0 Å². The SMILES string of the molecule is CCNC(=O)[C@H](CC)N(Cc1ccc(F)cc1)C(=O)CSCc1ccc(Br)cc1. The van der Waals surface area contributed by atoms with Gasteiger partial charge in [0.15, 0.2) is 0 Å². The third-order valence-corrected chi connectivity index (χ3v) is 5.93. The largest absolute Gasteiger partial charge is 0.355 e. The Bertz CT molecular complexity index is 799. The van der Waals surface area contributed by atoms with Crippen LogP contribution in [0.15, 0.2) is 53.0 Å². The van der Waals surface area contributed by atoms with Crippen LogP contribution in [-0.4, -0.2) is 35.1 Å². The Kier molecular flexibility index (Phi) is 9.67. The molecule has 4 nitrogen and oxygen atoms in total. The van der Waals surface area contributed by atoms with Gasteiger partial charge in [0.2, 0.25) is 11.8 Å². The highest BCUT2D eigenvalue weighted by Crippen LogP contribution is 2.19. The van der Waals surface area contributed by atoms with Gasteiger partial charge >= 0.3 is 0 Å². The van der Waals surface area contributed by atoms with Crippen molar-refractivity contribution in [2.75, 3.05) is 12.3 Å². The molecule has 0 fully saturated rings. The van der Waals surface area contributed by atoms with E-state index < -0.39 is 6.04 Å². The second-order valence-corrected chi connectivity index (χ2v) is 8.49. The van der Waals surface area contributed by atoms with Crippen LogP contribution in [0, 0.1) is 5.82 Å². The van der Waals surface area contributed by atoms with Crippen molar-refractivity contribution >= 4 is 39.5 Å². The number of nitrogens with zero attached hydrogens (tertiary/aromatic N) is 1. The molecule has 0 aliphatic heterocycles. The maximum Gasteiger partial charge on any atom is 0.242 e. The lowest BCUT2D eigenvalue weighted by Gasteiger charge is -2.30. The Morgan fingerprint density at radius 3 is 2.28 bits per heavy atom. The van der Waals surface area contributed by atoms with E-state index in [1.165, 1.54) is 23.9 Å². The van der Waals surface area contributed by atoms with Gasteiger partial charge in [0.05, 0.1) is 5.75 Å². The number of halogens is 2. The smallest absolute Gasteiger partial charge is 0.242 e. The molecule has 2 aromatic carbocycles. The molecule has 0 unspecified atom stereocenters. The van der Waals surface area contributed by atoms with E-state index in [1.807, 2.05) is 38.1 Å². The van der Waals surface area contributed by atoms with Gasteiger partial charge in [0.25, 0.3) is 0 Å². The molecule has 29 heavy (non-hydrogen) atoms. The first-order valence-electron chi connectivity index (χ1n) is 9.58. The minimum atomic E-state index is -0.555. The lowest BCUT2D eigenvalue weighted by molar-refractivity contribution is -0.139. The molecule has 2 rings (SSSR count). The first kappa shape index (κ1) is 23.4. The van der Waals surface area contributed by atoms with Gasteiger partial charge in [-0.1, -0.05) is 47.1 Å². The summed E-state index contributed by atoms with van der Waals surface area (Å²) in [7, 11) is 0. The standard InChI is InChI=1S/C22H26BrFN2O2S/c1-3-20(22(28)25-4-2)26(13-16-7-11-19(24)12-8-16)21(27)15-29-14-17-5-9-18(23)10-6-17/h5-12,20H,3-4,13-15H2,1-2H3,(H,25,28)/t20-/m0/s1. The lowest BCUT2D eigenvalue weighted by atomic mass is 10.1. The Hall–Kier alpha value is -1.86. The van der Waals surface area contributed by atoms with Gasteiger partial charge in [0, 0.05) is 23.3 Å². The minimum absolute atomic E-state index is 0.102. The number of nitrogens with one attached hydrogen (secondary N) is 1. The Balaban J connectivity index is 2.08.